The van der Waals surface area contributed by atoms with Gasteiger partial charge >= 0.3 is 0 Å². The van der Waals surface area contributed by atoms with E-state index in [0.717, 1.165) is 5.01 Å². The van der Waals surface area contributed by atoms with Crippen LogP contribution in [0.15, 0.2) is 11.6 Å². The average molecular weight is 273 g/mol. The largest absolute Gasteiger partial charge is 0.415 e. The van der Waals surface area contributed by atoms with Crippen LogP contribution in [0.25, 0.3) is 0 Å². The van der Waals surface area contributed by atoms with Crippen LogP contribution in [0.2, 0.25) is 19.1 Å². The molecule has 0 N–H and O–H groups in total. The van der Waals surface area contributed by atoms with Crippen LogP contribution in [0.5, 0.6) is 0 Å². The lowest BCUT2D eigenvalue weighted by Crippen LogP contribution is -2.31. The molecule has 0 unspecified atom stereocenters. The number of hydrogen-bond acceptors (Lipinski definition) is 4. The first-order chi connectivity index (χ1) is 8.14. The summed E-state index contributed by atoms with van der Waals surface area (Å²) in [5.74, 6) is 0. The van der Waals surface area contributed by atoms with Crippen molar-refractivity contribution in [1.82, 2.24) is 4.98 Å². The number of aromatic nitrogens is 1. The first kappa shape index (κ1) is 14.8. The van der Waals surface area contributed by atoms with Crippen LogP contribution in [0.3, 0.4) is 0 Å². The highest BCUT2D eigenvalue weighted by Gasteiger charge is 2.20. The molecule has 1 heterocycles. The summed E-state index contributed by atoms with van der Waals surface area (Å²) in [6.45, 7) is 8.78. The first-order valence-corrected chi connectivity index (χ1v) is 10.2. The van der Waals surface area contributed by atoms with Crippen molar-refractivity contribution in [3.8, 4) is 0 Å². The van der Waals surface area contributed by atoms with Crippen molar-refractivity contribution < 1.29 is 9.16 Å². The van der Waals surface area contributed by atoms with E-state index in [1.54, 1.807) is 17.5 Å². The Morgan fingerprint density at radius 2 is 2.18 bits per heavy atom. The SMILES string of the molecule is CCCC[Si](C)(C)OCCOCc1nccs1. The second-order valence-corrected chi connectivity index (χ2v) is 9.98. The van der Waals surface area contributed by atoms with Gasteiger partial charge in [-0.05, 0) is 19.1 Å². The van der Waals surface area contributed by atoms with E-state index in [-0.39, 0.29) is 0 Å². The number of unbranched alkanes of at least 4 members (excludes halogenated alkanes) is 1. The fourth-order valence-corrected chi connectivity index (χ4v) is 4.07. The molecule has 1 aromatic rings. The molecule has 1 rings (SSSR count). The Bertz CT molecular complexity index is 291. The quantitative estimate of drug-likeness (QED) is 0.508. The van der Waals surface area contributed by atoms with Crippen molar-refractivity contribution in [1.29, 1.82) is 0 Å². The molecule has 1 aromatic heterocycles. The van der Waals surface area contributed by atoms with E-state index in [4.69, 9.17) is 9.16 Å². The molecular formula is C12H23NO2SSi. The Kier molecular flexibility index (Phi) is 6.95. The molecule has 0 aliphatic rings. The van der Waals surface area contributed by atoms with E-state index in [0.29, 0.717) is 19.8 Å². The molecule has 0 bridgehead atoms. The molecule has 0 amide bonds. The highest BCUT2D eigenvalue weighted by molar-refractivity contribution is 7.09. The van der Waals surface area contributed by atoms with Crippen molar-refractivity contribution in [2.75, 3.05) is 13.2 Å². The van der Waals surface area contributed by atoms with Crippen LogP contribution in [0.4, 0.5) is 0 Å². The molecule has 5 heteroatoms. The molecular weight excluding hydrogens is 250 g/mol. The minimum Gasteiger partial charge on any atom is -0.415 e. The van der Waals surface area contributed by atoms with Crippen LogP contribution in [-0.4, -0.2) is 26.5 Å². The van der Waals surface area contributed by atoms with Crippen LogP contribution >= 0.6 is 11.3 Å². The van der Waals surface area contributed by atoms with E-state index in [1.165, 1.54) is 18.9 Å². The maximum Gasteiger partial charge on any atom is 0.186 e. The Morgan fingerprint density at radius 3 is 2.82 bits per heavy atom. The van der Waals surface area contributed by atoms with Gasteiger partial charge in [-0.15, -0.1) is 11.3 Å². The molecule has 0 spiro atoms. The molecule has 0 saturated carbocycles. The zero-order valence-electron chi connectivity index (χ0n) is 11.1. The van der Waals surface area contributed by atoms with Gasteiger partial charge in [0.15, 0.2) is 8.32 Å². The second-order valence-electron chi connectivity index (χ2n) is 4.69. The van der Waals surface area contributed by atoms with Crippen molar-refractivity contribution in [2.45, 2.75) is 45.5 Å². The van der Waals surface area contributed by atoms with E-state index in [9.17, 15) is 0 Å². The van der Waals surface area contributed by atoms with E-state index < -0.39 is 8.32 Å². The number of rotatable bonds is 9. The minimum atomic E-state index is -1.43. The first-order valence-electron chi connectivity index (χ1n) is 6.24. The summed E-state index contributed by atoms with van der Waals surface area (Å²) in [6.07, 6.45) is 4.33. The second kappa shape index (κ2) is 7.97. The number of thiazole rings is 1. The fourth-order valence-electron chi connectivity index (χ4n) is 1.54. The maximum atomic E-state index is 5.95. The normalized spacial score (nSPS) is 11.9. The van der Waals surface area contributed by atoms with Crippen LogP contribution < -0.4 is 0 Å². The minimum absolute atomic E-state index is 0.609. The maximum absolute atomic E-state index is 5.95. The molecule has 0 fully saturated rings. The number of hydrogen-bond donors (Lipinski definition) is 0. The van der Waals surface area contributed by atoms with E-state index >= 15 is 0 Å². The summed E-state index contributed by atoms with van der Waals surface area (Å²) < 4.78 is 11.5. The Hall–Kier alpha value is -0.233. The summed E-state index contributed by atoms with van der Waals surface area (Å²) in [5.41, 5.74) is 0. The van der Waals surface area contributed by atoms with Gasteiger partial charge in [0.1, 0.15) is 5.01 Å². The van der Waals surface area contributed by atoms with Gasteiger partial charge in [0, 0.05) is 11.6 Å². The summed E-state index contributed by atoms with van der Waals surface area (Å²) in [7, 11) is -1.43. The summed E-state index contributed by atoms with van der Waals surface area (Å²) in [5, 5.41) is 3.00. The predicted molar refractivity (Wildman–Crippen MR) is 74.9 cm³/mol. The van der Waals surface area contributed by atoms with Gasteiger partial charge in [-0.1, -0.05) is 19.8 Å². The predicted octanol–water partition coefficient (Wildman–Crippen LogP) is 3.68. The zero-order chi connectivity index (χ0) is 12.6. The Balaban J connectivity index is 2.03. The van der Waals surface area contributed by atoms with Gasteiger partial charge in [-0.25, -0.2) is 4.98 Å². The van der Waals surface area contributed by atoms with Gasteiger partial charge in [-0.2, -0.15) is 0 Å². The molecule has 3 nitrogen and oxygen atoms in total. The standard InChI is InChI=1S/C12H23NO2SSi/c1-4-5-10-17(2,3)15-8-7-14-11-12-13-6-9-16-12/h6,9H,4-5,7-8,10-11H2,1-3H3. The van der Waals surface area contributed by atoms with Gasteiger partial charge in [0.05, 0.1) is 19.8 Å². The molecule has 0 atom stereocenters. The topological polar surface area (TPSA) is 31.4 Å². The van der Waals surface area contributed by atoms with Crippen LogP contribution in [-0.2, 0) is 15.8 Å². The molecule has 17 heavy (non-hydrogen) atoms. The Morgan fingerprint density at radius 1 is 1.35 bits per heavy atom. The smallest absolute Gasteiger partial charge is 0.186 e. The third-order valence-electron chi connectivity index (χ3n) is 2.56. The van der Waals surface area contributed by atoms with Crippen molar-refractivity contribution in [3.63, 3.8) is 0 Å². The fraction of sp³-hybridized carbons (Fsp3) is 0.750. The van der Waals surface area contributed by atoms with E-state index in [1.807, 2.05) is 5.38 Å². The monoisotopic (exact) mass is 273 g/mol. The van der Waals surface area contributed by atoms with Crippen LogP contribution in [0.1, 0.15) is 24.8 Å². The third kappa shape index (κ3) is 6.93. The molecule has 0 radical (unpaired) electrons. The highest BCUT2D eigenvalue weighted by atomic mass is 32.1. The average Bonchev–Trinajstić information content (AvgIpc) is 2.79. The molecule has 0 aliphatic carbocycles. The van der Waals surface area contributed by atoms with E-state index in [2.05, 4.69) is 25.0 Å². The summed E-state index contributed by atoms with van der Waals surface area (Å²) in [4.78, 5) is 4.16. The summed E-state index contributed by atoms with van der Waals surface area (Å²) >= 11 is 1.63. The van der Waals surface area contributed by atoms with Gasteiger partial charge in [0.25, 0.3) is 0 Å². The number of ether oxygens (including phenoxy) is 1. The molecule has 0 saturated heterocycles. The highest BCUT2D eigenvalue weighted by Crippen LogP contribution is 2.14. The summed E-state index contributed by atoms with van der Waals surface area (Å²) in [6, 6.07) is 1.25. The molecule has 98 valence electrons. The third-order valence-corrected chi connectivity index (χ3v) is 5.86. The van der Waals surface area contributed by atoms with Gasteiger partial charge < -0.3 is 9.16 Å². The Labute approximate surface area is 109 Å². The lowest BCUT2D eigenvalue weighted by Gasteiger charge is -2.22. The lowest BCUT2D eigenvalue weighted by molar-refractivity contribution is 0.0861. The lowest BCUT2D eigenvalue weighted by atomic mass is 10.4. The van der Waals surface area contributed by atoms with Crippen molar-refractivity contribution >= 4 is 19.7 Å². The van der Waals surface area contributed by atoms with Crippen molar-refractivity contribution in [2.24, 2.45) is 0 Å². The van der Waals surface area contributed by atoms with Crippen LogP contribution in [0, 0.1) is 0 Å². The molecule has 0 aliphatic heterocycles. The molecule has 0 aromatic carbocycles. The zero-order valence-corrected chi connectivity index (χ0v) is 12.9. The number of nitrogens with zero attached hydrogens (tertiary/aromatic N) is 1. The van der Waals surface area contributed by atoms with Gasteiger partial charge in [0.2, 0.25) is 0 Å². The van der Waals surface area contributed by atoms with Gasteiger partial charge in [-0.3, -0.25) is 0 Å². The van der Waals surface area contributed by atoms with Crippen molar-refractivity contribution in [3.05, 3.63) is 16.6 Å².